The Morgan fingerprint density at radius 2 is 2.10 bits per heavy atom. The lowest BCUT2D eigenvalue weighted by Crippen LogP contribution is -2.34. The van der Waals surface area contributed by atoms with Crippen molar-refractivity contribution in [3.63, 3.8) is 0 Å². The summed E-state index contributed by atoms with van der Waals surface area (Å²) in [4.78, 5) is 4.34. The van der Waals surface area contributed by atoms with Crippen molar-refractivity contribution in [2.45, 2.75) is 25.7 Å². The normalized spacial score (nSPS) is 11.8. The average molecular weight is 301 g/mol. The Morgan fingerprint density at radius 1 is 1.35 bits per heavy atom. The fourth-order valence-corrected chi connectivity index (χ4v) is 3.20. The van der Waals surface area contributed by atoms with E-state index >= 15 is 0 Å². The quantitative estimate of drug-likeness (QED) is 0.701. The first-order valence-electron chi connectivity index (χ1n) is 6.84. The summed E-state index contributed by atoms with van der Waals surface area (Å²) < 4.78 is 31.7. The molecule has 1 heterocycles. The Hall–Kier alpha value is -1.18. The molecule has 7 heteroatoms. The average Bonchev–Trinajstić information content (AvgIpc) is 2.44. The molecule has 20 heavy (non-hydrogen) atoms. The largest absolute Gasteiger partial charge is 0.380 e. The van der Waals surface area contributed by atoms with Crippen molar-refractivity contribution in [1.82, 2.24) is 9.29 Å². The fourth-order valence-electron chi connectivity index (χ4n) is 1.76. The predicted molar refractivity (Wildman–Crippen MR) is 79.3 cm³/mol. The molecule has 1 rings (SSSR count). The standard InChI is InChI=1S/C13H23N3O3S/c1-4-14-13-11-12(7-8-15-13)20(17,18)16(5-2)9-10-19-6-3/h7-8,11H,4-6,9-10H2,1-3H3,(H,14,15). The number of sulfonamides is 1. The van der Waals surface area contributed by atoms with Gasteiger partial charge >= 0.3 is 0 Å². The van der Waals surface area contributed by atoms with Crippen molar-refractivity contribution in [3.05, 3.63) is 18.3 Å². The summed E-state index contributed by atoms with van der Waals surface area (Å²) in [6, 6.07) is 3.07. The molecule has 0 aliphatic carbocycles. The third kappa shape index (κ3) is 4.43. The molecule has 1 N–H and O–H groups in total. The monoisotopic (exact) mass is 301 g/mol. The third-order valence-corrected chi connectivity index (χ3v) is 4.74. The molecule has 0 saturated heterocycles. The lowest BCUT2D eigenvalue weighted by atomic mass is 10.4. The molecule has 0 spiro atoms. The van der Waals surface area contributed by atoms with Crippen molar-refractivity contribution < 1.29 is 13.2 Å². The van der Waals surface area contributed by atoms with E-state index in [0.717, 1.165) is 0 Å². The van der Waals surface area contributed by atoms with Gasteiger partial charge in [-0.2, -0.15) is 4.31 Å². The van der Waals surface area contributed by atoms with Gasteiger partial charge in [-0.05, 0) is 19.9 Å². The fraction of sp³-hybridized carbons (Fsp3) is 0.615. The lowest BCUT2D eigenvalue weighted by molar-refractivity contribution is 0.135. The number of anilines is 1. The number of pyridine rings is 1. The van der Waals surface area contributed by atoms with Gasteiger partial charge in [-0.3, -0.25) is 0 Å². The van der Waals surface area contributed by atoms with Crippen molar-refractivity contribution in [2.75, 3.05) is 38.2 Å². The van der Waals surface area contributed by atoms with Crippen molar-refractivity contribution in [3.8, 4) is 0 Å². The molecule has 0 atom stereocenters. The van der Waals surface area contributed by atoms with Crippen LogP contribution in [0.15, 0.2) is 23.2 Å². The molecule has 114 valence electrons. The second kappa shape index (κ2) is 8.18. The van der Waals surface area contributed by atoms with E-state index in [1.807, 2.05) is 20.8 Å². The zero-order valence-corrected chi connectivity index (χ0v) is 13.1. The summed E-state index contributed by atoms with van der Waals surface area (Å²) in [6.07, 6.45) is 1.50. The van der Waals surface area contributed by atoms with Gasteiger partial charge in [0.05, 0.1) is 11.5 Å². The summed E-state index contributed by atoms with van der Waals surface area (Å²) >= 11 is 0. The van der Waals surface area contributed by atoms with E-state index in [4.69, 9.17) is 4.74 Å². The van der Waals surface area contributed by atoms with Gasteiger partial charge in [-0.25, -0.2) is 13.4 Å². The summed E-state index contributed by atoms with van der Waals surface area (Å²) in [7, 11) is -3.50. The minimum atomic E-state index is -3.50. The molecule has 0 aliphatic heterocycles. The molecule has 0 aliphatic rings. The van der Waals surface area contributed by atoms with Crippen LogP contribution in [0.4, 0.5) is 5.82 Å². The number of hydrogen-bond donors (Lipinski definition) is 1. The minimum absolute atomic E-state index is 0.252. The van der Waals surface area contributed by atoms with Gasteiger partial charge in [-0.15, -0.1) is 0 Å². The smallest absolute Gasteiger partial charge is 0.243 e. The van der Waals surface area contributed by atoms with Crippen molar-refractivity contribution in [1.29, 1.82) is 0 Å². The summed E-state index contributed by atoms with van der Waals surface area (Å²) in [5.74, 6) is 0.564. The van der Waals surface area contributed by atoms with Gasteiger partial charge in [0, 0.05) is 38.5 Å². The molecule has 0 fully saturated rings. The molecule has 0 amide bonds. The van der Waals surface area contributed by atoms with Gasteiger partial charge in [-0.1, -0.05) is 6.92 Å². The summed E-state index contributed by atoms with van der Waals surface area (Å²) in [5, 5.41) is 3.01. The first-order valence-corrected chi connectivity index (χ1v) is 8.28. The molecule has 6 nitrogen and oxygen atoms in total. The SMILES string of the molecule is CCNc1cc(S(=O)(=O)N(CC)CCOCC)ccn1. The van der Waals surface area contributed by atoms with Gasteiger partial charge in [0.1, 0.15) is 5.82 Å². The van der Waals surface area contributed by atoms with Crippen LogP contribution in [0, 0.1) is 0 Å². The highest BCUT2D eigenvalue weighted by molar-refractivity contribution is 7.89. The topological polar surface area (TPSA) is 71.5 Å². The van der Waals surface area contributed by atoms with Gasteiger partial charge in [0.25, 0.3) is 0 Å². The van der Waals surface area contributed by atoms with Gasteiger partial charge < -0.3 is 10.1 Å². The molecule has 1 aromatic rings. The predicted octanol–water partition coefficient (Wildman–Crippen LogP) is 1.56. The number of likely N-dealkylation sites (N-methyl/N-ethyl adjacent to an activating group) is 1. The number of aromatic nitrogens is 1. The Balaban J connectivity index is 2.92. The Morgan fingerprint density at radius 3 is 2.70 bits per heavy atom. The van der Waals surface area contributed by atoms with Gasteiger partial charge in [0.15, 0.2) is 0 Å². The zero-order chi connectivity index (χ0) is 15.0. The zero-order valence-electron chi connectivity index (χ0n) is 12.3. The highest BCUT2D eigenvalue weighted by atomic mass is 32.2. The van der Waals surface area contributed by atoms with E-state index in [0.29, 0.717) is 38.7 Å². The third-order valence-electron chi connectivity index (χ3n) is 2.77. The molecule has 0 radical (unpaired) electrons. The molecular formula is C13H23N3O3S. The molecule has 1 aromatic heterocycles. The minimum Gasteiger partial charge on any atom is -0.380 e. The first-order chi connectivity index (χ1) is 9.56. The highest BCUT2D eigenvalue weighted by Crippen LogP contribution is 2.17. The summed E-state index contributed by atoms with van der Waals surface area (Å²) in [6.45, 7) is 8.07. The molecular weight excluding hydrogens is 278 g/mol. The Bertz CT molecular complexity index is 505. The number of rotatable bonds is 9. The maximum absolute atomic E-state index is 12.5. The lowest BCUT2D eigenvalue weighted by Gasteiger charge is -2.20. The van der Waals surface area contributed by atoms with Crippen LogP contribution in [0.1, 0.15) is 20.8 Å². The van der Waals surface area contributed by atoms with Crippen molar-refractivity contribution >= 4 is 15.8 Å². The Labute approximate surface area is 121 Å². The van der Waals surface area contributed by atoms with E-state index in [2.05, 4.69) is 10.3 Å². The van der Waals surface area contributed by atoms with Crippen LogP contribution in [0.2, 0.25) is 0 Å². The van der Waals surface area contributed by atoms with Crippen LogP contribution >= 0.6 is 0 Å². The maximum atomic E-state index is 12.5. The van der Waals surface area contributed by atoms with Crippen LogP contribution in [-0.2, 0) is 14.8 Å². The molecule has 0 saturated carbocycles. The number of ether oxygens (including phenoxy) is 1. The van der Waals surface area contributed by atoms with Gasteiger partial charge in [0.2, 0.25) is 10.0 Å². The number of nitrogens with zero attached hydrogens (tertiary/aromatic N) is 2. The van der Waals surface area contributed by atoms with Crippen LogP contribution < -0.4 is 5.32 Å². The summed E-state index contributed by atoms with van der Waals surface area (Å²) in [5.41, 5.74) is 0. The number of nitrogens with one attached hydrogen (secondary N) is 1. The highest BCUT2D eigenvalue weighted by Gasteiger charge is 2.23. The van der Waals surface area contributed by atoms with E-state index in [9.17, 15) is 8.42 Å². The van der Waals surface area contributed by atoms with Crippen LogP contribution in [0.3, 0.4) is 0 Å². The molecule has 0 bridgehead atoms. The van der Waals surface area contributed by atoms with Crippen molar-refractivity contribution in [2.24, 2.45) is 0 Å². The van der Waals surface area contributed by atoms with Crippen LogP contribution in [0.25, 0.3) is 0 Å². The molecule has 0 unspecified atom stereocenters. The van der Waals surface area contributed by atoms with E-state index in [1.165, 1.54) is 16.6 Å². The first kappa shape index (κ1) is 16.9. The van der Waals surface area contributed by atoms with E-state index in [1.54, 1.807) is 6.07 Å². The molecule has 0 aromatic carbocycles. The second-order valence-corrected chi connectivity index (χ2v) is 6.04. The van der Waals surface area contributed by atoms with E-state index in [-0.39, 0.29) is 4.90 Å². The number of hydrogen-bond acceptors (Lipinski definition) is 5. The maximum Gasteiger partial charge on any atom is 0.243 e. The van der Waals surface area contributed by atoms with Crippen LogP contribution in [0.5, 0.6) is 0 Å². The Kier molecular flexibility index (Phi) is 6.90. The van der Waals surface area contributed by atoms with E-state index < -0.39 is 10.0 Å². The second-order valence-electron chi connectivity index (χ2n) is 4.10. The van der Waals surface area contributed by atoms with Crippen LogP contribution in [-0.4, -0.2) is 50.6 Å².